The third-order valence-electron chi connectivity index (χ3n) is 2.36. The van der Waals surface area contributed by atoms with Crippen molar-refractivity contribution < 1.29 is 9.53 Å². The molecule has 0 amide bonds. The van der Waals surface area contributed by atoms with E-state index >= 15 is 0 Å². The second-order valence-electron chi connectivity index (χ2n) is 3.69. The number of carbonyl (C=O) groups excluding carboxylic acids is 1. The van der Waals surface area contributed by atoms with Gasteiger partial charge in [0.25, 0.3) is 5.56 Å². The Bertz CT molecular complexity index is 489. The summed E-state index contributed by atoms with van der Waals surface area (Å²) in [6.07, 6.45) is 1.50. The van der Waals surface area contributed by atoms with Gasteiger partial charge in [-0.15, -0.1) is 0 Å². The molecular formula is C11H17BrN4O3. The molecule has 2 N–H and O–H groups in total. The maximum atomic E-state index is 11.9. The number of halogens is 1. The fourth-order valence-corrected chi connectivity index (χ4v) is 1.80. The van der Waals surface area contributed by atoms with Crippen LogP contribution in [0.25, 0.3) is 0 Å². The largest absolute Gasteiger partial charge is 0.468 e. The van der Waals surface area contributed by atoms with Crippen molar-refractivity contribution in [1.82, 2.24) is 15.1 Å². The Kier molecular flexibility index (Phi) is 6.51. The van der Waals surface area contributed by atoms with E-state index in [4.69, 9.17) is 0 Å². The van der Waals surface area contributed by atoms with E-state index in [1.165, 1.54) is 13.3 Å². The summed E-state index contributed by atoms with van der Waals surface area (Å²) in [6, 6.07) is 0. The van der Waals surface area contributed by atoms with Gasteiger partial charge in [-0.25, -0.2) is 4.68 Å². The number of esters is 1. The van der Waals surface area contributed by atoms with E-state index < -0.39 is 5.97 Å². The molecule has 19 heavy (non-hydrogen) atoms. The van der Waals surface area contributed by atoms with Crippen LogP contribution in [0.3, 0.4) is 0 Å². The van der Waals surface area contributed by atoms with E-state index in [0.717, 1.165) is 17.8 Å². The molecule has 1 rings (SSSR count). The Balaban J connectivity index is 2.74. The lowest BCUT2D eigenvalue weighted by Gasteiger charge is -2.10. The standard InChI is InChI=1S/C11H17BrN4O3/c1-3-13-4-5-14-8-6-15-16(7-9(17)19-2)11(18)10(8)12/h6,13-14H,3-5,7H2,1-2H3. The predicted octanol–water partition coefficient (Wildman–Crippen LogP) is 0.200. The summed E-state index contributed by atoms with van der Waals surface area (Å²) in [4.78, 5) is 23.0. The van der Waals surface area contributed by atoms with Crippen LogP contribution in [0.15, 0.2) is 15.5 Å². The van der Waals surface area contributed by atoms with Gasteiger partial charge in [-0.1, -0.05) is 6.92 Å². The molecule has 0 aromatic carbocycles. The van der Waals surface area contributed by atoms with Gasteiger partial charge in [0.1, 0.15) is 11.0 Å². The lowest BCUT2D eigenvalue weighted by Crippen LogP contribution is -2.29. The summed E-state index contributed by atoms with van der Waals surface area (Å²) in [5.74, 6) is -0.519. The first-order valence-electron chi connectivity index (χ1n) is 5.87. The Morgan fingerprint density at radius 2 is 2.26 bits per heavy atom. The molecule has 0 bridgehead atoms. The number of methoxy groups -OCH3 is 1. The van der Waals surface area contributed by atoms with Gasteiger partial charge >= 0.3 is 5.97 Å². The maximum absolute atomic E-state index is 11.9. The zero-order valence-corrected chi connectivity index (χ0v) is 12.5. The molecular weight excluding hydrogens is 316 g/mol. The van der Waals surface area contributed by atoms with Crippen molar-refractivity contribution in [3.63, 3.8) is 0 Å². The molecule has 0 fully saturated rings. The van der Waals surface area contributed by atoms with Crippen molar-refractivity contribution in [3.8, 4) is 0 Å². The first kappa shape index (κ1) is 15.6. The Labute approximate surface area is 119 Å². The molecule has 0 aliphatic heterocycles. The third kappa shape index (κ3) is 4.64. The van der Waals surface area contributed by atoms with E-state index in [2.05, 4.69) is 36.4 Å². The van der Waals surface area contributed by atoms with Crippen LogP contribution in [0, 0.1) is 0 Å². The van der Waals surface area contributed by atoms with Gasteiger partial charge in [0.15, 0.2) is 0 Å². The monoisotopic (exact) mass is 332 g/mol. The molecule has 1 aromatic rings. The Morgan fingerprint density at radius 3 is 2.89 bits per heavy atom. The van der Waals surface area contributed by atoms with Crippen molar-refractivity contribution >= 4 is 27.6 Å². The molecule has 0 spiro atoms. The van der Waals surface area contributed by atoms with Crippen molar-refractivity contribution in [2.24, 2.45) is 0 Å². The number of nitrogens with one attached hydrogen (secondary N) is 2. The summed E-state index contributed by atoms with van der Waals surface area (Å²) >= 11 is 3.20. The van der Waals surface area contributed by atoms with Crippen molar-refractivity contribution in [1.29, 1.82) is 0 Å². The van der Waals surface area contributed by atoms with Crippen LogP contribution in [-0.2, 0) is 16.1 Å². The van der Waals surface area contributed by atoms with Crippen molar-refractivity contribution in [3.05, 3.63) is 21.0 Å². The zero-order chi connectivity index (χ0) is 14.3. The van der Waals surface area contributed by atoms with Gasteiger partial charge in [0.2, 0.25) is 0 Å². The SMILES string of the molecule is CCNCCNc1cnn(CC(=O)OC)c(=O)c1Br. The number of hydrogen-bond acceptors (Lipinski definition) is 6. The number of likely N-dealkylation sites (N-methyl/N-ethyl adjacent to an activating group) is 1. The molecule has 106 valence electrons. The normalized spacial score (nSPS) is 10.3. The minimum Gasteiger partial charge on any atom is -0.468 e. The summed E-state index contributed by atoms with van der Waals surface area (Å²) in [6.45, 7) is 4.17. The Hall–Kier alpha value is -1.41. The molecule has 8 heteroatoms. The first-order valence-corrected chi connectivity index (χ1v) is 6.66. The molecule has 0 saturated heterocycles. The van der Waals surface area contributed by atoms with Crippen LogP contribution >= 0.6 is 15.9 Å². The maximum Gasteiger partial charge on any atom is 0.327 e. The summed E-state index contributed by atoms with van der Waals surface area (Å²) in [5.41, 5.74) is 0.225. The van der Waals surface area contributed by atoms with Crippen molar-refractivity contribution in [2.75, 3.05) is 32.1 Å². The van der Waals surface area contributed by atoms with Crippen LogP contribution in [0.1, 0.15) is 6.92 Å². The number of anilines is 1. The van der Waals surface area contributed by atoms with Crippen LogP contribution in [0.2, 0.25) is 0 Å². The van der Waals surface area contributed by atoms with Gasteiger partial charge in [-0.3, -0.25) is 9.59 Å². The number of ether oxygens (including phenoxy) is 1. The number of aromatic nitrogens is 2. The highest BCUT2D eigenvalue weighted by molar-refractivity contribution is 9.10. The molecule has 0 aliphatic carbocycles. The minimum atomic E-state index is -0.519. The van der Waals surface area contributed by atoms with Crippen LogP contribution in [0.5, 0.6) is 0 Å². The number of nitrogens with zero attached hydrogens (tertiary/aromatic N) is 2. The second kappa shape index (κ2) is 7.90. The van der Waals surface area contributed by atoms with Gasteiger partial charge in [-0.05, 0) is 22.5 Å². The number of carbonyl (C=O) groups is 1. The predicted molar refractivity (Wildman–Crippen MR) is 75.2 cm³/mol. The highest BCUT2D eigenvalue weighted by atomic mass is 79.9. The smallest absolute Gasteiger partial charge is 0.327 e. The Morgan fingerprint density at radius 1 is 1.53 bits per heavy atom. The van der Waals surface area contributed by atoms with E-state index in [0.29, 0.717) is 16.7 Å². The van der Waals surface area contributed by atoms with Crippen molar-refractivity contribution in [2.45, 2.75) is 13.5 Å². The van der Waals surface area contributed by atoms with E-state index in [1.807, 2.05) is 6.92 Å². The lowest BCUT2D eigenvalue weighted by atomic mass is 10.4. The van der Waals surface area contributed by atoms with Crippen LogP contribution in [-0.4, -0.2) is 42.5 Å². The quantitative estimate of drug-likeness (QED) is 0.548. The number of hydrogen-bond donors (Lipinski definition) is 2. The van der Waals surface area contributed by atoms with Gasteiger partial charge in [0, 0.05) is 13.1 Å². The van der Waals surface area contributed by atoms with E-state index in [1.54, 1.807) is 0 Å². The highest BCUT2D eigenvalue weighted by Gasteiger charge is 2.11. The molecule has 1 aromatic heterocycles. The second-order valence-corrected chi connectivity index (χ2v) is 4.48. The molecule has 0 atom stereocenters. The fraction of sp³-hybridized carbons (Fsp3) is 0.545. The zero-order valence-electron chi connectivity index (χ0n) is 10.9. The van der Waals surface area contributed by atoms with E-state index in [-0.39, 0.29) is 12.1 Å². The average Bonchev–Trinajstić information content (AvgIpc) is 2.42. The summed E-state index contributed by atoms with van der Waals surface area (Å²) in [7, 11) is 1.26. The van der Waals surface area contributed by atoms with Gasteiger partial charge in [-0.2, -0.15) is 5.10 Å². The van der Waals surface area contributed by atoms with Gasteiger partial charge < -0.3 is 15.4 Å². The lowest BCUT2D eigenvalue weighted by molar-refractivity contribution is -0.141. The molecule has 0 unspecified atom stereocenters. The van der Waals surface area contributed by atoms with Gasteiger partial charge in [0.05, 0.1) is 19.0 Å². The first-order chi connectivity index (χ1) is 9.10. The minimum absolute atomic E-state index is 0.203. The molecule has 0 radical (unpaired) electrons. The molecule has 1 heterocycles. The average molecular weight is 333 g/mol. The molecule has 0 aliphatic rings. The summed E-state index contributed by atoms with van der Waals surface area (Å²) in [5, 5.41) is 10.2. The molecule has 0 saturated carbocycles. The van der Waals surface area contributed by atoms with Crippen LogP contribution < -0.4 is 16.2 Å². The third-order valence-corrected chi connectivity index (χ3v) is 3.13. The topological polar surface area (TPSA) is 85.2 Å². The fourth-order valence-electron chi connectivity index (χ4n) is 1.35. The van der Waals surface area contributed by atoms with Crippen LogP contribution in [0.4, 0.5) is 5.69 Å². The van der Waals surface area contributed by atoms with E-state index in [9.17, 15) is 9.59 Å². The highest BCUT2D eigenvalue weighted by Crippen LogP contribution is 2.15. The molecule has 7 nitrogen and oxygen atoms in total. The summed E-state index contributed by atoms with van der Waals surface area (Å²) < 4.78 is 5.89. The number of rotatable bonds is 7.